The van der Waals surface area contributed by atoms with Crippen LogP contribution in [0.2, 0.25) is 0 Å². The van der Waals surface area contributed by atoms with Gasteiger partial charge in [0.15, 0.2) is 0 Å². The molecule has 19 heavy (non-hydrogen) atoms. The van der Waals surface area contributed by atoms with Crippen LogP contribution in [0.4, 0.5) is 0 Å². The third kappa shape index (κ3) is 14.1. The van der Waals surface area contributed by atoms with Crippen LogP contribution >= 0.6 is 0 Å². The Morgan fingerprint density at radius 1 is 0.737 bits per heavy atom. The van der Waals surface area contributed by atoms with Gasteiger partial charge in [-0.15, -0.1) is 0 Å². The molecule has 0 aliphatic carbocycles. The molecule has 0 aliphatic rings. The molecular weight excluding hydrogens is 234 g/mol. The maximum Gasteiger partial charge on any atom is 0.108 e. The first-order valence-corrected chi connectivity index (χ1v) is 8.70. The minimum atomic E-state index is 0.289. The summed E-state index contributed by atoms with van der Waals surface area (Å²) in [6, 6.07) is 0. The molecule has 0 rings (SSSR count). The van der Waals surface area contributed by atoms with E-state index in [1.807, 2.05) is 0 Å². The lowest BCUT2D eigenvalue weighted by atomic mass is 10.1. The zero-order valence-corrected chi connectivity index (χ0v) is 13.7. The summed E-state index contributed by atoms with van der Waals surface area (Å²) in [6.45, 7) is 8.60. The molecule has 2 heteroatoms. The van der Waals surface area contributed by atoms with Gasteiger partial charge in [0.25, 0.3) is 0 Å². The minimum absolute atomic E-state index is 0.289. The molecule has 116 valence electrons. The second-order valence-corrected chi connectivity index (χ2v) is 5.53. The van der Waals surface area contributed by atoms with Crippen LogP contribution in [0.25, 0.3) is 0 Å². The second kappa shape index (κ2) is 16.0. The van der Waals surface area contributed by atoms with Gasteiger partial charge in [0.1, 0.15) is 6.23 Å². The fourth-order valence-electron chi connectivity index (χ4n) is 2.34. The maximum atomic E-state index is 5.92. The second-order valence-electron chi connectivity index (χ2n) is 5.53. The van der Waals surface area contributed by atoms with E-state index in [1.54, 1.807) is 0 Å². The topological polar surface area (TPSA) is 21.3 Å². The lowest BCUT2D eigenvalue weighted by molar-refractivity contribution is 0.0215. The predicted octanol–water partition coefficient (Wildman–Crippen LogP) is 5.27. The SMILES string of the molecule is CCCCCCCCCC(NCC)OCCCCC. The van der Waals surface area contributed by atoms with Crippen molar-refractivity contribution in [3.8, 4) is 0 Å². The lowest BCUT2D eigenvalue weighted by Gasteiger charge is -2.18. The van der Waals surface area contributed by atoms with Crippen molar-refractivity contribution in [2.75, 3.05) is 13.2 Å². The van der Waals surface area contributed by atoms with Crippen LogP contribution in [0.5, 0.6) is 0 Å². The molecular formula is C17H37NO. The van der Waals surface area contributed by atoms with E-state index in [2.05, 4.69) is 26.1 Å². The summed E-state index contributed by atoms with van der Waals surface area (Å²) in [5.41, 5.74) is 0. The first-order chi connectivity index (χ1) is 9.35. The van der Waals surface area contributed by atoms with Crippen LogP contribution in [-0.2, 0) is 4.74 Å². The van der Waals surface area contributed by atoms with Crippen molar-refractivity contribution in [2.45, 2.75) is 97.6 Å². The molecule has 0 fully saturated rings. The monoisotopic (exact) mass is 271 g/mol. The molecule has 0 heterocycles. The largest absolute Gasteiger partial charge is 0.363 e. The van der Waals surface area contributed by atoms with Crippen molar-refractivity contribution in [2.24, 2.45) is 0 Å². The Labute approximate surface area is 121 Å². The van der Waals surface area contributed by atoms with E-state index >= 15 is 0 Å². The fourth-order valence-corrected chi connectivity index (χ4v) is 2.34. The zero-order valence-electron chi connectivity index (χ0n) is 13.7. The van der Waals surface area contributed by atoms with Crippen molar-refractivity contribution in [1.29, 1.82) is 0 Å². The van der Waals surface area contributed by atoms with Crippen molar-refractivity contribution >= 4 is 0 Å². The molecule has 0 amide bonds. The highest BCUT2D eigenvalue weighted by atomic mass is 16.5. The summed E-state index contributed by atoms with van der Waals surface area (Å²) < 4.78 is 5.92. The summed E-state index contributed by atoms with van der Waals surface area (Å²) in [5, 5.41) is 3.45. The third-order valence-corrected chi connectivity index (χ3v) is 3.57. The van der Waals surface area contributed by atoms with Crippen LogP contribution in [0.15, 0.2) is 0 Å². The number of ether oxygens (including phenoxy) is 1. The van der Waals surface area contributed by atoms with Gasteiger partial charge in [-0.25, -0.2) is 0 Å². The molecule has 0 aromatic carbocycles. The Balaban J connectivity index is 3.42. The number of nitrogens with one attached hydrogen (secondary N) is 1. The Bertz CT molecular complexity index is 161. The number of hydrogen-bond donors (Lipinski definition) is 1. The predicted molar refractivity (Wildman–Crippen MR) is 85.6 cm³/mol. The van der Waals surface area contributed by atoms with E-state index in [4.69, 9.17) is 4.74 Å². The fraction of sp³-hybridized carbons (Fsp3) is 1.00. The average molecular weight is 271 g/mol. The summed E-state index contributed by atoms with van der Waals surface area (Å²) in [5.74, 6) is 0. The van der Waals surface area contributed by atoms with Gasteiger partial charge in [-0.3, -0.25) is 5.32 Å². The van der Waals surface area contributed by atoms with E-state index in [0.717, 1.165) is 13.2 Å². The Hall–Kier alpha value is -0.0800. The molecule has 0 saturated heterocycles. The van der Waals surface area contributed by atoms with Crippen LogP contribution in [0, 0.1) is 0 Å². The highest BCUT2D eigenvalue weighted by Crippen LogP contribution is 2.10. The Morgan fingerprint density at radius 2 is 1.32 bits per heavy atom. The summed E-state index contributed by atoms with van der Waals surface area (Å²) >= 11 is 0. The van der Waals surface area contributed by atoms with E-state index in [0.29, 0.717) is 0 Å². The quantitative estimate of drug-likeness (QED) is 0.323. The van der Waals surface area contributed by atoms with Gasteiger partial charge in [0.2, 0.25) is 0 Å². The van der Waals surface area contributed by atoms with Crippen LogP contribution in [0.1, 0.15) is 91.4 Å². The van der Waals surface area contributed by atoms with Gasteiger partial charge < -0.3 is 4.74 Å². The van der Waals surface area contributed by atoms with E-state index in [1.165, 1.54) is 70.6 Å². The van der Waals surface area contributed by atoms with E-state index < -0.39 is 0 Å². The van der Waals surface area contributed by atoms with Crippen molar-refractivity contribution < 1.29 is 4.74 Å². The van der Waals surface area contributed by atoms with Crippen LogP contribution < -0.4 is 5.32 Å². The number of unbranched alkanes of at least 4 members (excludes halogenated alkanes) is 8. The smallest absolute Gasteiger partial charge is 0.108 e. The van der Waals surface area contributed by atoms with E-state index in [9.17, 15) is 0 Å². The van der Waals surface area contributed by atoms with Gasteiger partial charge in [0, 0.05) is 6.61 Å². The summed E-state index contributed by atoms with van der Waals surface area (Å²) in [4.78, 5) is 0. The first kappa shape index (κ1) is 18.9. The van der Waals surface area contributed by atoms with Crippen LogP contribution in [0.3, 0.4) is 0 Å². The maximum absolute atomic E-state index is 5.92. The average Bonchev–Trinajstić information content (AvgIpc) is 2.42. The van der Waals surface area contributed by atoms with Gasteiger partial charge >= 0.3 is 0 Å². The molecule has 0 aromatic heterocycles. The molecule has 0 aromatic rings. The summed E-state index contributed by atoms with van der Waals surface area (Å²) in [7, 11) is 0. The molecule has 0 aliphatic heterocycles. The molecule has 0 spiro atoms. The molecule has 1 atom stereocenters. The van der Waals surface area contributed by atoms with Crippen LogP contribution in [-0.4, -0.2) is 19.4 Å². The van der Waals surface area contributed by atoms with E-state index in [-0.39, 0.29) is 6.23 Å². The molecule has 0 bridgehead atoms. The Morgan fingerprint density at radius 3 is 1.95 bits per heavy atom. The van der Waals surface area contributed by atoms with Gasteiger partial charge in [-0.2, -0.15) is 0 Å². The number of rotatable bonds is 15. The molecule has 0 radical (unpaired) electrons. The van der Waals surface area contributed by atoms with Crippen molar-refractivity contribution in [3.63, 3.8) is 0 Å². The van der Waals surface area contributed by atoms with Gasteiger partial charge in [0.05, 0.1) is 0 Å². The third-order valence-electron chi connectivity index (χ3n) is 3.57. The highest BCUT2D eigenvalue weighted by molar-refractivity contribution is 4.56. The minimum Gasteiger partial charge on any atom is -0.363 e. The molecule has 1 N–H and O–H groups in total. The lowest BCUT2D eigenvalue weighted by Crippen LogP contribution is -2.31. The normalized spacial score (nSPS) is 12.8. The summed E-state index contributed by atoms with van der Waals surface area (Å²) in [6.07, 6.45) is 14.9. The van der Waals surface area contributed by atoms with Gasteiger partial charge in [-0.1, -0.05) is 72.1 Å². The molecule has 2 nitrogen and oxygen atoms in total. The highest BCUT2D eigenvalue weighted by Gasteiger charge is 2.06. The number of hydrogen-bond acceptors (Lipinski definition) is 2. The standard InChI is InChI=1S/C17H37NO/c1-4-7-9-10-11-12-13-15-17(18-6-3)19-16-14-8-5-2/h17-18H,4-16H2,1-3H3. The molecule has 0 saturated carbocycles. The Kier molecular flexibility index (Phi) is 15.9. The molecule has 1 unspecified atom stereocenters. The van der Waals surface area contributed by atoms with Gasteiger partial charge in [-0.05, 0) is 25.8 Å². The van der Waals surface area contributed by atoms with Crippen molar-refractivity contribution in [3.05, 3.63) is 0 Å². The van der Waals surface area contributed by atoms with Crippen molar-refractivity contribution in [1.82, 2.24) is 5.32 Å². The first-order valence-electron chi connectivity index (χ1n) is 8.70. The zero-order chi connectivity index (χ0) is 14.2.